The molecule has 0 bridgehead atoms. The molecule has 0 spiro atoms. The molecule has 1 aromatic rings. The smallest absolute Gasteiger partial charge is 0.0146 e. The van der Waals surface area contributed by atoms with Crippen molar-refractivity contribution >= 4 is 0 Å². The minimum absolute atomic E-state index is 1.04. The van der Waals surface area contributed by atoms with Crippen molar-refractivity contribution in [1.29, 1.82) is 0 Å². The third-order valence-corrected chi connectivity index (χ3v) is 2.68. The maximum Gasteiger partial charge on any atom is -0.0146 e. The maximum atomic E-state index is 3.32. The lowest BCUT2D eigenvalue weighted by Gasteiger charge is -2.02. The van der Waals surface area contributed by atoms with Gasteiger partial charge in [-0.3, -0.25) is 0 Å². The van der Waals surface area contributed by atoms with Gasteiger partial charge in [0.25, 0.3) is 0 Å². The zero-order valence-corrected chi connectivity index (χ0v) is 7.64. The van der Waals surface area contributed by atoms with E-state index in [-0.39, 0.29) is 0 Å². The molecule has 1 saturated carbocycles. The highest BCUT2D eigenvalue weighted by Crippen LogP contribution is 2.33. The zero-order chi connectivity index (χ0) is 8.39. The van der Waals surface area contributed by atoms with Gasteiger partial charge in [0.2, 0.25) is 0 Å². The van der Waals surface area contributed by atoms with E-state index < -0.39 is 0 Å². The Morgan fingerprint density at radius 1 is 1.50 bits per heavy atom. The van der Waals surface area contributed by atoms with Crippen LogP contribution >= 0.6 is 0 Å². The van der Waals surface area contributed by atoms with Gasteiger partial charge < -0.3 is 0 Å². The Morgan fingerprint density at radius 3 is 3.00 bits per heavy atom. The Morgan fingerprint density at radius 2 is 2.33 bits per heavy atom. The summed E-state index contributed by atoms with van der Waals surface area (Å²) in [4.78, 5) is 0. The van der Waals surface area contributed by atoms with Crippen LogP contribution in [-0.4, -0.2) is 0 Å². The van der Waals surface area contributed by atoms with Gasteiger partial charge in [0.15, 0.2) is 0 Å². The minimum Gasteiger partial charge on any atom is -0.0614 e. The van der Waals surface area contributed by atoms with Crippen LogP contribution in [0.1, 0.15) is 30.4 Å². The fourth-order valence-corrected chi connectivity index (χ4v) is 1.58. The first-order valence-corrected chi connectivity index (χ1v) is 4.82. The zero-order valence-electron chi connectivity index (χ0n) is 7.64. The van der Waals surface area contributed by atoms with Gasteiger partial charge in [0, 0.05) is 0 Å². The summed E-state index contributed by atoms with van der Waals surface area (Å²) in [5, 5.41) is 0. The van der Waals surface area contributed by atoms with Crippen molar-refractivity contribution in [3.8, 4) is 0 Å². The highest BCUT2D eigenvalue weighted by Gasteiger charge is 2.20. The molecule has 1 aliphatic rings. The molecule has 0 N–H and O–H groups in total. The van der Waals surface area contributed by atoms with Crippen molar-refractivity contribution in [1.82, 2.24) is 0 Å². The van der Waals surface area contributed by atoms with E-state index in [1.807, 2.05) is 6.07 Å². The largest absolute Gasteiger partial charge is 0.0614 e. The predicted molar refractivity (Wildman–Crippen MR) is 51.1 cm³/mol. The van der Waals surface area contributed by atoms with Crippen LogP contribution in [0.5, 0.6) is 0 Å². The lowest BCUT2D eigenvalue weighted by atomic mass is 10.0. The van der Waals surface area contributed by atoms with Crippen molar-refractivity contribution in [2.45, 2.75) is 32.6 Å². The molecule has 0 amide bonds. The fourth-order valence-electron chi connectivity index (χ4n) is 1.58. The normalized spacial score (nSPS) is 16.4. The molecule has 0 saturated heterocycles. The summed E-state index contributed by atoms with van der Waals surface area (Å²) in [5.74, 6) is 1.04. The van der Waals surface area contributed by atoms with Crippen molar-refractivity contribution in [2.24, 2.45) is 5.92 Å². The first-order valence-electron chi connectivity index (χ1n) is 4.82. The van der Waals surface area contributed by atoms with Crippen molar-refractivity contribution < 1.29 is 0 Å². The molecule has 0 aliphatic heterocycles. The topological polar surface area (TPSA) is 0 Å². The Balaban J connectivity index is 1.96. The quantitative estimate of drug-likeness (QED) is 0.635. The van der Waals surface area contributed by atoms with Gasteiger partial charge in [-0.1, -0.05) is 31.0 Å². The van der Waals surface area contributed by atoms with Gasteiger partial charge in [-0.25, -0.2) is 0 Å². The van der Waals surface area contributed by atoms with E-state index in [0.717, 1.165) is 5.92 Å². The summed E-state index contributed by atoms with van der Waals surface area (Å²) in [5.41, 5.74) is 2.82. The molecule has 0 aromatic heterocycles. The molecule has 0 unspecified atom stereocenters. The summed E-state index contributed by atoms with van der Waals surface area (Å²) in [6.07, 6.45) is 5.54. The van der Waals surface area contributed by atoms with Gasteiger partial charge >= 0.3 is 0 Å². The van der Waals surface area contributed by atoms with Crippen LogP contribution in [0.25, 0.3) is 0 Å². The third kappa shape index (κ3) is 1.88. The van der Waals surface area contributed by atoms with E-state index in [1.165, 1.54) is 36.8 Å². The monoisotopic (exact) mass is 159 g/mol. The molecular formula is C12H15. The highest BCUT2D eigenvalue weighted by molar-refractivity contribution is 5.24. The minimum atomic E-state index is 1.04. The molecular weight excluding hydrogens is 144 g/mol. The van der Waals surface area contributed by atoms with Crippen molar-refractivity contribution in [3.05, 3.63) is 35.4 Å². The number of rotatable bonds is 3. The molecule has 0 atom stereocenters. The Hall–Kier alpha value is -0.780. The second-order valence-corrected chi connectivity index (χ2v) is 3.81. The molecule has 1 radical (unpaired) electrons. The summed E-state index contributed by atoms with van der Waals surface area (Å²) in [6.45, 7) is 2.18. The fraction of sp³-hybridized carbons (Fsp3) is 0.500. The van der Waals surface area contributed by atoms with Crippen LogP contribution in [-0.2, 0) is 6.42 Å². The maximum absolute atomic E-state index is 3.32. The van der Waals surface area contributed by atoms with Gasteiger partial charge in [-0.05, 0) is 42.9 Å². The molecule has 1 aromatic carbocycles. The Kier molecular flexibility index (Phi) is 2.16. The first-order chi connectivity index (χ1) is 5.86. The summed E-state index contributed by atoms with van der Waals surface area (Å²) in [6, 6.07) is 9.59. The SMILES string of the molecule is Cc1ccc[c]c1CCC1CC1. The number of aryl methyl sites for hydroxylation is 2. The molecule has 1 fully saturated rings. The van der Waals surface area contributed by atoms with Gasteiger partial charge in [0.05, 0.1) is 0 Å². The lowest BCUT2D eigenvalue weighted by Crippen LogP contribution is -1.90. The standard InChI is InChI=1S/C12H15/c1-10-4-2-3-5-12(10)9-8-11-6-7-11/h2-4,11H,6-9H2,1H3. The predicted octanol–water partition coefficient (Wildman–Crippen LogP) is 3.14. The summed E-state index contributed by atoms with van der Waals surface area (Å²) in [7, 11) is 0. The van der Waals surface area contributed by atoms with Gasteiger partial charge in [-0.2, -0.15) is 0 Å². The highest BCUT2D eigenvalue weighted by atomic mass is 14.3. The van der Waals surface area contributed by atoms with Crippen LogP contribution in [0.3, 0.4) is 0 Å². The number of hydrogen-bond donors (Lipinski definition) is 0. The molecule has 63 valence electrons. The number of hydrogen-bond acceptors (Lipinski definition) is 0. The van der Waals surface area contributed by atoms with Gasteiger partial charge in [-0.15, -0.1) is 0 Å². The second-order valence-electron chi connectivity index (χ2n) is 3.81. The molecule has 0 heterocycles. The van der Waals surface area contributed by atoms with Crippen LogP contribution in [0.4, 0.5) is 0 Å². The lowest BCUT2D eigenvalue weighted by molar-refractivity contribution is 0.723. The van der Waals surface area contributed by atoms with Gasteiger partial charge in [0.1, 0.15) is 0 Å². The van der Waals surface area contributed by atoms with Crippen molar-refractivity contribution in [2.75, 3.05) is 0 Å². The van der Waals surface area contributed by atoms with E-state index in [4.69, 9.17) is 0 Å². The summed E-state index contributed by atoms with van der Waals surface area (Å²) >= 11 is 0. The van der Waals surface area contributed by atoms with E-state index in [1.54, 1.807) is 0 Å². The summed E-state index contributed by atoms with van der Waals surface area (Å²) < 4.78 is 0. The van der Waals surface area contributed by atoms with Crippen molar-refractivity contribution in [3.63, 3.8) is 0 Å². The molecule has 12 heavy (non-hydrogen) atoms. The molecule has 0 nitrogen and oxygen atoms in total. The number of benzene rings is 1. The Labute approximate surface area is 74.6 Å². The molecule has 1 aliphatic carbocycles. The van der Waals surface area contributed by atoms with E-state index >= 15 is 0 Å². The van der Waals surface area contributed by atoms with Crippen LogP contribution < -0.4 is 0 Å². The van der Waals surface area contributed by atoms with Crippen LogP contribution in [0.2, 0.25) is 0 Å². The van der Waals surface area contributed by atoms with E-state index in [2.05, 4.69) is 25.1 Å². The van der Waals surface area contributed by atoms with Crippen LogP contribution in [0, 0.1) is 18.9 Å². The second kappa shape index (κ2) is 3.30. The third-order valence-electron chi connectivity index (χ3n) is 2.68. The average Bonchev–Trinajstić information content (AvgIpc) is 2.86. The first kappa shape index (κ1) is 7.85. The van der Waals surface area contributed by atoms with Crippen LogP contribution in [0.15, 0.2) is 18.2 Å². The molecule has 0 heteroatoms. The average molecular weight is 159 g/mol. The molecule has 2 rings (SSSR count). The Bertz CT molecular complexity index is 258. The van der Waals surface area contributed by atoms with E-state index in [0.29, 0.717) is 0 Å². The van der Waals surface area contributed by atoms with E-state index in [9.17, 15) is 0 Å².